The Morgan fingerprint density at radius 2 is 1.73 bits per heavy atom. The van der Waals surface area contributed by atoms with Crippen molar-refractivity contribution in [3.05, 3.63) is 76.8 Å². The second kappa shape index (κ2) is 9.61. The van der Waals surface area contributed by atoms with Gasteiger partial charge in [-0.05, 0) is 36.2 Å². The van der Waals surface area contributed by atoms with Gasteiger partial charge >= 0.3 is 0 Å². The molecule has 0 spiro atoms. The first-order valence-corrected chi connectivity index (χ1v) is 11.4. The fraction of sp³-hybridized carbons (Fsp3) is 0.150. The summed E-state index contributed by atoms with van der Waals surface area (Å²) in [5, 5.41) is 12.9. The van der Waals surface area contributed by atoms with Gasteiger partial charge in [0.2, 0.25) is 15.9 Å². The molecule has 0 atom stereocenters. The highest BCUT2D eigenvalue weighted by molar-refractivity contribution is 7.89. The highest BCUT2D eigenvalue weighted by Crippen LogP contribution is 2.17. The lowest BCUT2D eigenvalue weighted by atomic mass is 10.2. The van der Waals surface area contributed by atoms with Gasteiger partial charge in [-0.15, -0.1) is 11.3 Å². The SMILES string of the molecule is NS(=O)(=O)c1ccc(CNC(=O)CCc2csc(NC(=O)c3ccccc3)n2)cc1. The molecule has 3 aromatic rings. The van der Waals surface area contributed by atoms with Crippen LogP contribution in [0.5, 0.6) is 0 Å². The number of carbonyl (C=O) groups is 2. The molecule has 0 saturated carbocycles. The maximum atomic E-state index is 12.1. The van der Waals surface area contributed by atoms with E-state index < -0.39 is 10.0 Å². The van der Waals surface area contributed by atoms with Gasteiger partial charge in [0.25, 0.3) is 5.91 Å². The summed E-state index contributed by atoms with van der Waals surface area (Å²) in [6.07, 6.45) is 0.680. The van der Waals surface area contributed by atoms with Crippen molar-refractivity contribution in [2.45, 2.75) is 24.3 Å². The summed E-state index contributed by atoms with van der Waals surface area (Å²) < 4.78 is 22.5. The number of benzene rings is 2. The van der Waals surface area contributed by atoms with Gasteiger partial charge in [-0.3, -0.25) is 14.9 Å². The molecule has 4 N–H and O–H groups in total. The molecule has 1 heterocycles. The largest absolute Gasteiger partial charge is 0.352 e. The van der Waals surface area contributed by atoms with Crippen molar-refractivity contribution < 1.29 is 18.0 Å². The number of aryl methyl sites for hydroxylation is 1. The Balaban J connectivity index is 1.44. The van der Waals surface area contributed by atoms with Crippen LogP contribution in [0.25, 0.3) is 0 Å². The number of amides is 2. The van der Waals surface area contributed by atoms with Crippen LogP contribution in [0.2, 0.25) is 0 Å². The van der Waals surface area contributed by atoms with Gasteiger partial charge in [0, 0.05) is 23.9 Å². The molecule has 30 heavy (non-hydrogen) atoms. The Hall–Kier alpha value is -3.08. The quantitative estimate of drug-likeness (QED) is 0.491. The number of anilines is 1. The molecule has 0 aliphatic heterocycles. The first kappa shape index (κ1) is 21.6. The van der Waals surface area contributed by atoms with Crippen LogP contribution in [0.4, 0.5) is 5.13 Å². The number of primary sulfonamides is 1. The molecule has 0 saturated heterocycles. The van der Waals surface area contributed by atoms with E-state index in [-0.39, 0.29) is 29.7 Å². The molecule has 2 amide bonds. The normalized spacial score (nSPS) is 11.1. The molecule has 0 radical (unpaired) electrons. The fourth-order valence-electron chi connectivity index (χ4n) is 2.57. The van der Waals surface area contributed by atoms with Crippen LogP contribution < -0.4 is 15.8 Å². The Morgan fingerprint density at radius 1 is 1.03 bits per heavy atom. The lowest BCUT2D eigenvalue weighted by Crippen LogP contribution is -2.23. The molecule has 8 nitrogen and oxygen atoms in total. The molecule has 1 aromatic heterocycles. The highest BCUT2D eigenvalue weighted by atomic mass is 32.2. The van der Waals surface area contributed by atoms with Crippen LogP contribution >= 0.6 is 11.3 Å². The molecular weight excluding hydrogens is 424 g/mol. The van der Waals surface area contributed by atoms with Crippen molar-refractivity contribution in [1.29, 1.82) is 0 Å². The van der Waals surface area contributed by atoms with Crippen LogP contribution in [0, 0.1) is 0 Å². The predicted octanol–water partition coefficient (Wildman–Crippen LogP) is 2.29. The van der Waals surface area contributed by atoms with Crippen molar-refractivity contribution in [2.24, 2.45) is 5.14 Å². The minimum atomic E-state index is -3.73. The number of carbonyl (C=O) groups excluding carboxylic acids is 2. The number of thiazole rings is 1. The zero-order valence-electron chi connectivity index (χ0n) is 15.9. The predicted molar refractivity (Wildman–Crippen MR) is 114 cm³/mol. The number of nitrogens with one attached hydrogen (secondary N) is 2. The molecular formula is C20H20N4O4S2. The summed E-state index contributed by atoms with van der Waals surface area (Å²) in [5.41, 5.74) is 2.03. The van der Waals surface area contributed by atoms with Gasteiger partial charge in [-0.1, -0.05) is 30.3 Å². The Kier molecular flexibility index (Phi) is 6.93. The standard InChI is InChI=1S/C20H20N4O4S2/c21-30(27,28)17-9-6-14(7-10-17)12-22-18(25)11-8-16-13-29-20(23-16)24-19(26)15-4-2-1-3-5-15/h1-7,9-10,13H,8,11-12H2,(H,22,25)(H2,21,27,28)(H,23,24,26). The lowest BCUT2D eigenvalue weighted by molar-refractivity contribution is -0.121. The van der Waals surface area contributed by atoms with Crippen molar-refractivity contribution in [2.75, 3.05) is 5.32 Å². The molecule has 3 rings (SSSR count). The maximum Gasteiger partial charge on any atom is 0.257 e. The summed E-state index contributed by atoms with van der Waals surface area (Å²) in [7, 11) is -3.73. The number of hydrogen-bond acceptors (Lipinski definition) is 6. The average molecular weight is 445 g/mol. The van der Waals surface area contributed by atoms with E-state index in [9.17, 15) is 18.0 Å². The third kappa shape index (κ3) is 6.21. The fourth-order valence-corrected chi connectivity index (χ4v) is 3.82. The summed E-state index contributed by atoms with van der Waals surface area (Å²) in [6, 6.07) is 14.8. The summed E-state index contributed by atoms with van der Waals surface area (Å²) >= 11 is 1.30. The van der Waals surface area contributed by atoms with E-state index in [0.717, 1.165) is 11.3 Å². The molecule has 0 aliphatic rings. The van der Waals surface area contributed by atoms with Crippen LogP contribution in [0.1, 0.15) is 28.0 Å². The zero-order valence-corrected chi connectivity index (χ0v) is 17.5. The second-order valence-electron chi connectivity index (χ2n) is 6.43. The monoisotopic (exact) mass is 444 g/mol. The van der Waals surface area contributed by atoms with E-state index in [1.807, 2.05) is 6.07 Å². The van der Waals surface area contributed by atoms with E-state index >= 15 is 0 Å². The van der Waals surface area contributed by atoms with E-state index in [1.165, 1.54) is 23.5 Å². The number of hydrogen-bond donors (Lipinski definition) is 3. The topological polar surface area (TPSA) is 131 Å². The summed E-state index contributed by atoms with van der Waals surface area (Å²) in [4.78, 5) is 28.6. The van der Waals surface area contributed by atoms with Gasteiger partial charge in [0.15, 0.2) is 5.13 Å². The Labute approximate surface area is 178 Å². The van der Waals surface area contributed by atoms with E-state index in [4.69, 9.17) is 5.14 Å². The molecule has 0 bridgehead atoms. The second-order valence-corrected chi connectivity index (χ2v) is 8.85. The minimum Gasteiger partial charge on any atom is -0.352 e. The van der Waals surface area contributed by atoms with Crippen molar-refractivity contribution in [3.8, 4) is 0 Å². The third-order valence-corrected chi connectivity index (χ3v) is 5.89. The van der Waals surface area contributed by atoms with Gasteiger partial charge in [-0.25, -0.2) is 18.5 Å². The van der Waals surface area contributed by atoms with Crippen LogP contribution in [-0.2, 0) is 27.8 Å². The van der Waals surface area contributed by atoms with E-state index in [1.54, 1.807) is 41.8 Å². The Bertz CT molecular complexity index is 1130. The van der Waals surface area contributed by atoms with Crippen molar-refractivity contribution in [3.63, 3.8) is 0 Å². The summed E-state index contributed by atoms with van der Waals surface area (Å²) in [5.74, 6) is -0.393. The van der Waals surface area contributed by atoms with Gasteiger partial charge in [0.05, 0.1) is 10.6 Å². The minimum absolute atomic E-state index is 0.0243. The molecule has 0 aliphatic carbocycles. The van der Waals surface area contributed by atoms with Gasteiger partial charge in [0.1, 0.15) is 0 Å². The third-order valence-electron chi connectivity index (χ3n) is 4.16. The van der Waals surface area contributed by atoms with Crippen LogP contribution in [0.3, 0.4) is 0 Å². The molecule has 0 unspecified atom stereocenters. The highest BCUT2D eigenvalue weighted by Gasteiger charge is 2.10. The van der Waals surface area contributed by atoms with E-state index in [0.29, 0.717) is 17.1 Å². The average Bonchev–Trinajstić information content (AvgIpc) is 3.18. The molecule has 2 aromatic carbocycles. The van der Waals surface area contributed by atoms with Crippen LogP contribution in [0.15, 0.2) is 64.9 Å². The molecule has 0 fully saturated rings. The van der Waals surface area contributed by atoms with Crippen LogP contribution in [-0.4, -0.2) is 25.2 Å². The zero-order chi connectivity index (χ0) is 21.6. The number of nitrogens with zero attached hydrogens (tertiary/aromatic N) is 1. The molecule has 156 valence electrons. The van der Waals surface area contributed by atoms with Crippen molar-refractivity contribution in [1.82, 2.24) is 10.3 Å². The lowest BCUT2D eigenvalue weighted by Gasteiger charge is -2.06. The molecule has 10 heteroatoms. The van der Waals surface area contributed by atoms with Gasteiger partial charge in [-0.2, -0.15) is 0 Å². The number of sulfonamides is 1. The number of aromatic nitrogens is 1. The van der Waals surface area contributed by atoms with Gasteiger partial charge < -0.3 is 5.32 Å². The van der Waals surface area contributed by atoms with E-state index in [2.05, 4.69) is 15.6 Å². The maximum absolute atomic E-state index is 12.1. The first-order chi connectivity index (χ1) is 14.3. The Morgan fingerprint density at radius 3 is 2.40 bits per heavy atom. The first-order valence-electron chi connectivity index (χ1n) is 9.00. The summed E-state index contributed by atoms with van der Waals surface area (Å²) in [6.45, 7) is 0.277. The number of nitrogens with two attached hydrogens (primary N) is 1. The smallest absolute Gasteiger partial charge is 0.257 e. The number of rotatable bonds is 8. The van der Waals surface area contributed by atoms with Crippen molar-refractivity contribution >= 4 is 38.3 Å².